The molecule has 0 bridgehead atoms. The number of carbonyl (C=O) groups is 2. The fourth-order valence-electron chi connectivity index (χ4n) is 2.42. The van der Waals surface area contributed by atoms with Crippen LogP contribution < -0.4 is 10.1 Å². The van der Waals surface area contributed by atoms with Gasteiger partial charge in [-0.3, -0.25) is 4.79 Å². The van der Waals surface area contributed by atoms with E-state index in [0.29, 0.717) is 19.6 Å². The lowest BCUT2D eigenvalue weighted by atomic mass is 9.91. The zero-order chi connectivity index (χ0) is 14.5. The van der Waals surface area contributed by atoms with E-state index in [-0.39, 0.29) is 17.8 Å². The van der Waals surface area contributed by atoms with Crippen molar-refractivity contribution in [2.75, 3.05) is 13.2 Å². The summed E-state index contributed by atoms with van der Waals surface area (Å²) < 4.78 is 10.5. The van der Waals surface area contributed by atoms with E-state index >= 15 is 0 Å². The predicted octanol–water partition coefficient (Wildman–Crippen LogP) is 1.62. The van der Waals surface area contributed by atoms with Gasteiger partial charge < -0.3 is 14.8 Å². The van der Waals surface area contributed by atoms with Crippen LogP contribution in [0.25, 0.3) is 0 Å². The molecule has 2 unspecified atom stereocenters. The average Bonchev–Trinajstić information content (AvgIpc) is 2.82. The molecular formula is C15H19NO4. The maximum absolute atomic E-state index is 11.9. The lowest BCUT2D eigenvalue weighted by Gasteiger charge is -2.18. The number of hydrogen-bond acceptors (Lipinski definition) is 4. The van der Waals surface area contributed by atoms with Crippen LogP contribution in [0, 0.1) is 0 Å². The highest BCUT2D eigenvalue weighted by Gasteiger charge is 2.39. The van der Waals surface area contributed by atoms with Gasteiger partial charge in [-0.15, -0.1) is 0 Å². The van der Waals surface area contributed by atoms with Gasteiger partial charge in [-0.25, -0.2) is 4.79 Å². The van der Waals surface area contributed by atoms with Gasteiger partial charge in [0.2, 0.25) is 5.91 Å². The molecule has 0 aliphatic carbocycles. The van der Waals surface area contributed by atoms with Gasteiger partial charge in [0.25, 0.3) is 0 Å². The van der Waals surface area contributed by atoms with Crippen molar-refractivity contribution in [3.8, 4) is 5.75 Å². The van der Waals surface area contributed by atoms with Crippen molar-refractivity contribution in [1.29, 1.82) is 0 Å². The van der Waals surface area contributed by atoms with Gasteiger partial charge in [0.05, 0.1) is 13.2 Å². The smallest absolute Gasteiger partial charge is 0.329 e. The van der Waals surface area contributed by atoms with Crippen LogP contribution in [0.2, 0.25) is 0 Å². The van der Waals surface area contributed by atoms with Crippen molar-refractivity contribution >= 4 is 11.9 Å². The number of amides is 1. The Morgan fingerprint density at radius 1 is 1.35 bits per heavy atom. The van der Waals surface area contributed by atoms with Crippen LogP contribution in [0.15, 0.2) is 24.3 Å². The molecule has 2 atom stereocenters. The summed E-state index contributed by atoms with van der Waals surface area (Å²) in [5, 5.41) is 2.68. The number of benzene rings is 1. The van der Waals surface area contributed by atoms with Crippen LogP contribution in [0.3, 0.4) is 0 Å². The maximum atomic E-state index is 11.9. The molecule has 0 spiro atoms. The molecule has 1 aliphatic rings. The highest BCUT2D eigenvalue weighted by molar-refractivity contribution is 5.90. The third kappa shape index (κ3) is 3.10. The van der Waals surface area contributed by atoms with Crippen molar-refractivity contribution in [1.82, 2.24) is 5.32 Å². The molecule has 1 amide bonds. The number of carbonyl (C=O) groups excluding carboxylic acids is 2. The van der Waals surface area contributed by atoms with Gasteiger partial charge in [0, 0.05) is 12.3 Å². The summed E-state index contributed by atoms with van der Waals surface area (Å²) in [7, 11) is 0. The molecule has 20 heavy (non-hydrogen) atoms. The molecule has 0 radical (unpaired) electrons. The number of ether oxygens (including phenoxy) is 2. The average molecular weight is 277 g/mol. The Kier molecular flexibility index (Phi) is 4.61. The molecule has 5 nitrogen and oxygen atoms in total. The summed E-state index contributed by atoms with van der Waals surface area (Å²) >= 11 is 0. The second-order valence-electron chi connectivity index (χ2n) is 4.61. The maximum Gasteiger partial charge on any atom is 0.329 e. The number of esters is 1. The molecule has 5 heteroatoms. The van der Waals surface area contributed by atoms with Crippen LogP contribution in [0.4, 0.5) is 0 Å². The largest absolute Gasteiger partial charge is 0.494 e. The molecule has 1 aromatic carbocycles. The van der Waals surface area contributed by atoms with E-state index < -0.39 is 6.04 Å². The van der Waals surface area contributed by atoms with E-state index in [1.54, 1.807) is 6.92 Å². The standard InChI is InChI=1S/C15H19NO4/c1-3-19-11-7-5-6-10(8-11)12-9-13(17)16-14(12)15(18)20-4-2/h5-8,12,14H,3-4,9H2,1-2H3,(H,16,17). The van der Waals surface area contributed by atoms with E-state index in [1.807, 2.05) is 31.2 Å². The summed E-state index contributed by atoms with van der Waals surface area (Å²) in [6.07, 6.45) is 0.291. The first-order valence-electron chi connectivity index (χ1n) is 6.84. The van der Waals surface area contributed by atoms with Crippen LogP contribution in [0.5, 0.6) is 5.75 Å². The zero-order valence-corrected chi connectivity index (χ0v) is 11.7. The van der Waals surface area contributed by atoms with E-state index in [0.717, 1.165) is 11.3 Å². The Morgan fingerprint density at radius 2 is 2.15 bits per heavy atom. The normalized spacial score (nSPS) is 21.4. The van der Waals surface area contributed by atoms with Crippen molar-refractivity contribution < 1.29 is 19.1 Å². The molecule has 1 fully saturated rings. The van der Waals surface area contributed by atoms with Crippen molar-refractivity contribution in [3.63, 3.8) is 0 Å². The third-order valence-corrected chi connectivity index (χ3v) is 3.26. The van der Waals surface area contributed by atoms with Crippen molar-refractivity contribution in [2.24, 2.45) is 0 Å². The first-order chi connectivity index (χ1) is 9.65. The molecule has 1 aliphatic heterocycles. The number of rotatable bonds is 5. The first kappa shape index (κ1) is 14.4. The van der Waals surface area contributed by atoms with Crippen LogP contribution in [-0.4, -0.2) is 31.1 Å². The van der Waals surface area contributed by atoms with Crippen LogP contribution in [0.1, 0.15) is 31.7 Å². The summed E-state index contributed by atoms with van der Waals surface area (Å²) in [5.41, 5.74) is 0.910. The Hall–Kier alpha value is -2.04. The van der Waals surface area contributed by atoms with E-state index in [4.69, 9.17) is 9.47 Å². The van der Waals surface area contributed by atoms with Gasteiger partial charge in [0.1, 0.15) is 11.8 Å². The second-order valence-corrected chi connectivity index (χ2v) is 4.61. The molecule has 0 aromatic heterocycles. The Morgan fingerprint density at radius 3 is 2.85 bits per heavy atom. The Balaban J connectivity index is 2.22. The fraction of sp³-hybridized carbons (Fsp3) is 0.467. The summed E-state index contributed by atoms with van der Waals surface area (Å²) in [5.74, 6) is 0.0222. The quantitative estimate of drug-likeness (QED) is 0.831. The minimum Gasteiger partial charge on any atom is -0.494 e. The molecule has 1 aromatic rings. The predicted molar refractivity (Wildman–Crippen MR) is 73.5 cm³/mol. The first-order valence-corrected chi connectivity index (χ1v) is 6.84. The number of nitrogens with one attached hydrogen (secondary N) is 1. The monoisotopic (exact) mass is 277 g/mol. The highest BCUT2D eigenvalue weighted by Crippen LogP contribution is 2.31. The molecule has 1 heterocycles. The van der Waals surface area contributed by atoms with E-state index in [1.165, 1.54) is 0 Å². The van der Waals surface area contributed by atoms with Crippen LogP contribution >= 0.6 is 0 Å². The zero-order valence-electron chi connectivity index (χ0n) is 11.7. The SMILES string of the molecule is CCOC(=O)C1NC(=O)CC1c1cccc(OCC)c1. The third-order valence-electron chi connectivity index (χ3n) is 3.26. The van der Waals surface area contributed by atoms with Crippen molar-refractivity contribution in [3.05, 3.63) is 29.8 Å². The topological polar surface area (TPSA) is 64.6 Å². The van der Waals surface area contributed by atoms with Gasteiger partial charge in [-0.2, -0.15) is 0 Å². The van der Waals surface area contributed by atoms with E-state index in [2.05, 4.69) is 5.32 Å². The summed E-state index contributed by atoms with van der Waals surface area (Å²) in [6, 6.07) is 6.89. The molecule has 0 saturated carbocycles. The van der Waals surface area contributed by atoms with Gasteiger partial charge in [-0.1, -0.05) is 12.1 Å². The van der Waals surface area contributed by atoms with Gasteiger partial charge >= 0.3 is 5.97 Å². The lowest BCUT2D eigenvalue weighted by Crippen LogP contribution is -2.37. The van der Waals surface area contributed by atoms with Crippen LogP contribution in [-0.2, 0) is 14.3 Å². The van der Waals surface area contributed by atoms with Gasteiger partial charge in [0.15, 0.2) is 0 Å². The van der Waals surface area contributed by atoms with Crippen molar-refractivity contribution in [2.45, 2.75) is 32.2 Å². The molecule has 1 N–H and O–H groups in total. The number of hydrogen-bond donors (Lipinski definition) is 1. The minimum absolute atomic E-state index is 0.130. The molecule has 108 valence electrons. The van der Waals surface area contributed by atoms with E-state index in [9.17, 15) is 9.59 Å². The Labute approximate surface area is 118 Å². The lowest BCUT2D eigenvalue weighted by molar-refractivity contribution is -0.146. The molecule has 2 rings (SSSR count). The fourth-order valence-corrected chi connectivity index (χ4v) is 2.42. The summed E-state index contributed by atoms with van der Waals surface area (Å²) in [4.78, 5) is 23.5. The second kappa shape index (κ2) is 6.41. The highest BCUT2D eigenvalue weighted by atomic mass is 16.5. The minimum atomic E-state index is -0.612. The molecular weight excluding hydrogens is 258 g/mol. The Bertz CT molecular complexity index is 500. The molecule has 1 saturated heterocycles. The van der Waals surface area contributed by atoms with Gasteiger partial charge in [-0.05, 0) is 31.5 Å². The summed E-state index contributed by atoms with van der Waals surface area (Å²) in [6.45, 7) is 4.54.